The van der Waals surface area contributed by atoms with Crippen LogP contribution in [0.15, 0.2) is 59.2 Å². The SMILES string of the molecule is COc1cccc(N2C(=O)C(=Cc3ccc(C(C)C)cc3)N=C2SCC#N)c1. The summed E-state index contributed by atoms with van der Waals surface area (Å²) in [5.41, 5.74) is 3.16. The fraction of sp³-hybridized carbons (Fsp3) is 0.227. The van der Waals surface area contributed by atoms with E-state index < -0.39 is 0 Å². The lowest BCUT2D eigenvalue weighted by molar-refractivity contribution is -0.113. The number of nitriles is 1. The van der Waals surface area contributed by atoms with Crippen LogP contribution in [0, 0.1) is 11.3 Å². The molecule has 3 rings (SSSR count). The second kappa shape index (κ2) is 8.77. The zero-order valence-corrected chi connectivity index (χ0v) is 16.9. The Balaban J connectivity index is 1.95. The van der Waals surface area contributed by atoms with Crippen molar-refractivity contribution in [1.82, 2.24) is 0 Å². The van der Waals surface area contributed by atoms with E-state index in [1.54, 1.807) is 19.3 Å². The Kier molecular flexibility index (Phi) is 6.17. The predicted molar refractivity (Wildman–Crippen MR) is 114 cm³/mol. The standard InChI is InChI=1S/C22H21N3O2S/c1-15(2)17-9-7-16(8-10-17)13-20-21(26)25(22(24-20)28-12-11-23)18-5-4-6-19(14-18)27-3/h4-10,13-15H,12H2,1-3H3. The third-order valence-corrected chi connectivity index (χ3v) is 5.12. The van der Waals surface area contributed by atoms with Gasteiger partial charge in [-0.15, -0.1) is 0 Å². The molecule has 2 aromatic carbocycles. The lowest BCUT2D eigenvalue weighted by atomic mass is 10.0. The Morgan fingerprint density at radius 1 is 1.25 bits per heavy atom. The van der Waals surface area contributed by atoms with Crippen molar-refractivity contribution >= 4 is 34.6 Å². The van der Waals surface area contributed by atoms with E-state index in [1.165, 1.54) is 22.2 Å². The Morgan fingerprint density at radius 3 is 2.64 bits per heavy atom. The normalized spacial score (nSPS) is 15.1. The van der Waals surface area contributed by atoms with Crippen molar-refractivity contribution in [3.05, 3.63) is 65.4 Å². The third kappa shape index (κ3) is 4.26. The summed E-state index contributed by atoms with van der Waals surface area (Å²) in [6.45, 7) is 4.28. The highest BCUT2D eigenvalue weighted by atomic mass is 32.2. The lowest BCUT2D eigenvalue weighted by Crippen LogP contribution is -2.30. The van der Waals surface area contributed by atoms with Crippen molar-refractivity contribution in [2.75, 3.05) is 17.8 Å². The van der Waals surface area contributed by atoms with Gasteiger partial charge < -0.3 is 4.74 Å². The van der Waals surface area contributed by atoms with Gasteiger partial charge in [0.1, 0.15) is 11.4 Å². The van der Waals surface area contributed by atoms with Crippen molar-refractivity contribution < 1.29 is 9.53 Å². The van der Waals surface area contributed by atoms with E-state index in [1.807, 2.05) is 30.3 Å². The van der Waals surface area contributed by atoms with E-state index in [2.05, 4.69) is 37.0 Å². The first kappa shape index (κ1) is 19.7. The van der Waals surface area contributed by atoms with E-state index in [0.717, 1.165) is 5.56 Å². The largest absolute Gasteiger partial charge is 0.497 e. The van der Waals surface area contributed by atoms with E-state index in [-0.39, 0.29) is 11.7 Å². The van der Waals surface area contributed by atoms with Gasteiger partial charge >= 0.3 is 0 Å². The van der Waals surface area contributed by atoms with Gasteiger partial charge in [-0.1, -0.05) is 55.9 Å². The van der Waals surface area contributed by atoms with Crippen molar-refractivity contribution in [3.63, 3.8) is 0 Å². The van der Waals surface area contributed by atoms with Gasteiger partial charge in [0.25, 0.3) is 5.91 Å². The average Bonchev–Trinajstić information content (AvgIpc) is 3.02. The second-order valence-electron chi connectivity index (χ2n) is 6.53. The number of carbonyl (C=O) groups is 1. The van der Waals surface area contributed by atoms with Crippen molar-refractivity contribution in [3.8, 4) is 11.8 Å². The molecule has 2 aromatic rings. The van der Waals surface area contributed by atoms with E-state index in [9.17, 15) is 4.79 Å². The van der Waals surface area contributed by atoms with Gasteiger partial charge in [-0.2, -0.15) is 5.26 Å². The number of methoxy groups -OCH3 is 1. The summed E-state index contributed by atoms with van der Waals surface area (Å²) < 4.78 is 5.27. The molecule has 0 aromatic heterocycles. The predicted octanol–water partition coefficient (Wildman–Crippen LogP) is 4.82. The van der Waals surface area contributed by atoms with Gasteiger partial charge in [0.05, 0.1) is 24.6 Å². The van der Waals surface area contributed by atoms with Crippen molar-refractivity contribution in [2.24, 2.45) is 4.99 Å². The molecule has 142 valence electrons. The summed E-state index contributed by atoms with van der Waals surface area (Å²) in [4.78, 5) is 19.1. The molecule has 5 nitrogen and oxygen atoms in total. The molecular formula is C22H21N3O2S. The third-order valence-electron chi connectivity index (χ3n) is 4.31. The van der Waals surface area contributed by atoms with Crippen LogP contribution in [0.4, 0.5) is 5.69 Å². The van der Waals surface area contributed by atoms with Crippen molar-refractivity contribution in [1.29, 1.82) is 5.26 Å². The number of rotatable bonds is 5. The summed E-state index contributed by atoms with van der Waals surface area (Å²) in [5.74, 6) is 1.09. The molecule has 1 aliphatic rings. The summed E-state index contributed by atoms with van der Waals surface area (Å²) >= 11 is 1.24. The number of aliphatic imine (C=N–C) groups is 1. The Labute approximate surface area is 169 Å². The van der Waals surface area contributed by atoms with Crippen LogP contribution in [0.5, 0.6) is 5.75 Å². The highest BCUT2D eigenvalue weighted by Gasteiger charge is 2.32. The van der Waals surface area contributed by atoms with Crippen LogP contribution in [0.2, 0.25) is 0 Å². The molecule has 1 heterocycles. The minimum atomic E-state index is -0.221. The van der Waals surface area contributed by atoms with Gasteiger partial charge in [0, 0.05) is 6.07 Å². The average molecular weight is 391 g/mol. The quantitative estimate of drug-likeness (QED) is 0.686. The number of thioether (sulfide) groups is 1. The number of benzene rings is 2. The maximum atomic E-state index is 13.1. The molecule has 6 heteroatoms. The maximum absolute atomic E-state index is 13.1. The number of ether oxygens (including phenoxy) is 1. The highest BCUT2D eigenvalue weighted by Crippen LogP contribution is 2.31. The number of carbonyl (C=O) groups excluding carboxylic acids is 1. The van der Waals surface area contributed by atoms with Crippen LogP contribution in [-0.2, 0) is 4.79 Å². The molecule has 0 saturated carbocycles. The molecule has 1 aliphatic heterocycles. The molecular weight excluding hydrogens is 370 g/mol. The van der Waals surface area contributed by atoms with Crippen molar-refractivity contribution in [2.45, 2.75) is 19.8 Å². The molecule has 0 N–H and O–H groups in total. The number of amidine groups is 1. The number of hydrogen-bond acceptors (Lipinski definition) is 5. The zero-order chi connectivity index (χ0) is 20.1. The van der Waals surface area contributed by atoms with Crippen LogP contribution in [0.25, 0.3) is 6.08 Å². The summed E-state index contributed by atoms with van der Waals surface area (Å²) in [6, 6.07) is 17.4. The first-order valence-electron chi connectivity index (χ1n) is 8.92. The molecule has 0 radical (unpaired) electrons. The van der Waals surface area contributed by atoms with E-state index in [0.29, 0.717) is 28.2 Å². The van der Waals surface area contributed by atoms with Gasteiger partial charge in [0.15, 0.2) is 5.17 Å². The zero-order valence-electron chi connectivity index (χ0n) is 16.0. The summed E-state index contributed by atoms with van der Waals surface area (Å²) in [6.07, 6.45) is 1.78. The number of amides is 1. The van der Waals surface area contributed by atoms with E-state index in [4.69, 9.17) is 10.00 Å². The molecule has 0 atom stereocenters. The van der Waals surface area contributed by atoms with Gasteiger partial charge in [-0.05, 0) is 35.3 Å². The van der Waals surface area contributed by atoms with Gasteiger partial charge in [-0.25, -0.2) is 4.99 Å². The Bertz CT molecular complexity index is 972. The van der Waals surface area contributed by atoms with Crippen LogP contribution in [0.1, 0.15) is 30.9 Å². The lowest BCUT2D eigenvalue weighted by Gasteiger charge is -2.17. The van der Waals surface area contributed by atoms with Crippen LogP contribution in [-0.4, -0.2) is 23.9 Å². The minimum Gasteiger partial charge on any atom is -0.497 e. The van der Waals surface area contributed by atoms with Gasteiger partial charge in [-0.3, -0.25) is 9.69 Å². The van der Waals surface area contributed by atoms with E-state index >= 15 is 0 Å². The smallest absolute Gasteiger partial charge is 0.283 e. The molecule has 28 heavy (non-hydrogen) atoms. The Hall–Kier alpha value is -3.04. The molecule has 0 spiro atoms. The highest BCUT2D eigenvalue weighted by molar-refractivity contribution is 8.14. The number of anilines is 1. The topological polar surface area (TPSA) is 65.7 Å². The van der Waals surface area contributed by atoms with Crippen LogP contribution >= 0.6 is 11.8 Å². The maximum Gasteiger partial charge on any atom is 0.283 e. The minimum absolute atomic E-state index is 0.211. The molecule has 0 unspecified atom stereocenters. The first-order valence-corrected chi connectivity index (χ1v) is 9.90. The molecule has 0 fully saturated rings. The second-order valence-corrected chi connectivity index (χ2v) is 7.48. The fourth-order valence-corrected chi connectivity index (χ4v) is 3.48. The first-order chi connectivity index (χ1) is 13.5. The molecule has 1 amide bonds. The summed E-state index contributed by atoms with van der Waals surface area (Å²) in [7, 11) is 1.58. The van der Waals surface area contributed by atoms with Crippen LogP contribution < -0.4 is 9.64 Å². The number of nitrogens with zero attached hydrogens (tertiary/aromatic N) is 3. The molecule has 0 saturated heterocycles. The molecule has 0 aliphatic carbocycles. The monoisotopic (exact) mass is 391 g/mol. The fourth-order valence-electron chi connectivity index (χ4n) is 2.80. The van der Waals surface area contributed by atoms with Gasteiger partial charge in [0.2, 0.25) is 0 Å². The molecule has 0 bridgehead atoms. The number of hydrogen-bond donors (Lipinski definition) is 0. The Morgan fingerprint density at radius 2 is 2.00 bits per heavy atom. The van der Waals surface area contributed by atoms with Crippen LogP contribution in [0.3, 0.4) is 0 Å². The summed E-state index contributed by atoms with van der Waals surface area (Å²) in [5, 5.41) is 9.43.